The van der Waals surface area contributed by atoms with Gasteiger partial charge in [0.1, 0.15) is 18.0 Å². The molecule has 124 valence electrons. The van der Waals surface area contributed by atoms with Crippen LogP contribution in [0.25, 0.3) is 0 Å². The molecule has 1 heterocycles. The standard InChI is InChI=1S/C16H19ClN2O4/c1-22-15(11-5-2-3-6-12(11)17)10-19-16(21)18-9-13(20)14-7-4-8-23-14/h2-8,13,15,20H,9-10H2,1H3,(H2,18,19,21). The van der Waals surface area contributed by atoms with Gasteiger partial charge in [-0.25, -0.2) is 4.79 Å². The molecule has 7 heteroatoms. The zero-order valence-corrected chi connectivity index (χ0v) is 13.4. The molecule has 0 radical (unpaired) electrons. The van der Waals surface area contributed by atoms with E-state index in [-0.39, 0.29) is 19.2 Å². The number of ether oxygens (including phenoxy) is 1. The first kappa shape index (κ1) is 17.3. The van der Waals surface area contributed by atoms with Crippen LogP contribution >= 0.6 is 11.6 Å². The summed E-state index contributed by atoms with van der Waals surface area (Å²) in [6.07, 6.45) is 0.216. The molecule has 0 aliphatic heterocycles. The number of aliphatic hydroxyl groups excluding tert-OH is 1. The number of methoxy groups -OCH3 is 1. The lowest BCUT2D eigenvalue weighted by atomic mass is 10.1. The van der Waals surface area contributed by atoms with Crippen molar-refractivity contribution in [3.05, 3.63) is 59.0 Å². The van der Waals surface area contributed by atoms with Gasteiger partial charge < -0.3 is 24.9 Å². The first-order valence-electron chi connectivity index (χ1n) is 7.12. The van der Waals surface area contributed by atoms with Crippen LogP contribution in [-0.4, -0.2) is 31.3 Å². The van der Waals surface area contributed by atoms with Crippen LogP contribution in [0.1, 0.15) is 23.5 Å². The number of nitrogens with one attached hydrogen (secondary N) is 2. The van der Waals surface area contributed by atoms with Gasteiger partial charge in [0.25, 0.3) is 0 Å². The summed E-state index contributed by atoms with van der Waals surface area (Å²) in [5.74, 6) is 0.399. The van der Waals surface area contributed by atoms with Crippen LogP contribution in [0.15, 0.2) is 47.1 Å². The molecule has 2 unspecified atom stereocenters. The van der Waals surface area contributed by atoms with E-state index in [9.17, 15) is 9.90 Å². The summed E-state index contributed by atoms with van der Waals surface area (Å²) in [4.78, 5) is 11.8. The average Bonchev–Trinajstić information content (AvgIpc) is 3.09. The molecular weight excluding hydrogens is 320 g/mol. The highest BCUT2D eigenvalue weighted by Gasteiger charge is 2.16. The number of rotatable bonds is 7. The van der Waals surface area contributed by atoms with E-state index in [0.717, 1.165) is 5.56 Å². The van der Waals surface area contributed by atoms with Gasteiger partial charge in [-0.1, -0.05) is 29.8 Å². The molecule has 0 bridgehead atoms. The Morgan fingerprint density at radius 1 is 1.26 bits per heavy atom. The molecule has 0 aliphatic carbocycles. The first-order chi connectivity index (χ1) is 11.1. The second-order valence-corrected chi connectivity index (χ2v) is 5.28. The molecule has 2 rings (SSSR count). The van der Waals surface area contributed by atoms with E-state index >= 15 is 0 Å². The minimum atomic E-state index is -0.891. The highest BCUT2D eigenvalue weighted by Crippen LogP contribution is 2.24. The highest BCUT2D eigenvalue weighted by molar-refractivity contribution is 6.31. The number of hydrogen-bond acceptors (Lipinski definition) is 4. The van der Waals surface area contributed by atoms with Crippen LogP contribution in [0.5, 0.6) is 0 Å². The number of carbonyl (C=O) groups excluding carboxylic acids is 1. The molecule has 0 aliphatic rings. The van der Waals surface area contributed by atoms with Gasteiger partial charge in [-0.2, -0.15) is 0 Å². The Hall–Kier alpha value is -2.02. The Bertz CT molecular complexity index is 618. The number of urea groups is 1. The van der Waals surface area contributed by atoms with Gasteiger partial charge in [-0.15, -0.1) is 0 Å². The van der Waals surface area contributed by atoms with Gasteiger partial charge in [0.15, 0.2) is 0 Å². The lowest BCUT2D eigenvalue weighted by Crippen LogP contribution is -2.39. The van der Waals surface area contributed by atoms with Crippen molar-refractivity contribution in [1.29, 1.82) is 0 Å². The number of carbonyl (C=O) groups is 1. The van der Waals surface area contributed by atoms with E-state index < -0.39 is 12.1 Å². The van der Waals surface area contributed by atoms with Crippen molar-refractivity contribution in [2.24, 2.45) is 0 Å². The summed E-state index contributed by atoms with van der Waals surface area (Å²) in [7, 11) is 1.55. The van der Waals surface area contributed by atoms with Crippen molar-refractivity contribution in [2.45, 2.75) is 12.2 Å². The Labute approximate surface area is 139 Å². The van der Waals surface area contributed by atoms with Crippen molar-refractivity contribution in [3.8, 4) is 0 Å². The van der Waals surface area contributed by atoms with Gasteiger partial charge in [-0.05, 0) is 18.2 Å². The third-order valence-electron chi connectivity index (χ3n) is 3.31. The molecule has 0 fully saturated rings. The summed E-state index contributed by atoms with van der Waals surface area (Å²) in [6, 6.07) is 10.2. The molecule has 23 heavy (non-hydrogen) atoms. The van der Waals surface area contributed by atoms with Crippen molar-refractivity contribution < 1.29 is 19.1 Å². The fourth-order valence-corrected chi connectivity index (χ4v) is 2.33. The second kappa shape index (κ2) is 8.57. The van der Waals surface area contributed by atoms with Crippen molar-refractivity contribution in [1.82, 2.24) is 10.6 Å². The monoisotopic (exact) mass is 338 g/mol. The number of amides is 2. The average molecular weight is 339 g/mol. The number of benzene rings is 1. The zero-order valence-electron chi connectivity index (χ0n) is 12.7. The van der Waals surface area contributed by atoms with Crippen molar-refractivity contribution in [3.63, 3.8) is 0 Å². The third-order valence-corrected chi connectivity index (χ3v) is 3.66. The maximum atomic E-state index is 11.8. The quantitative estimate of drug-likeness (QED) is 0.724. The van der Waals surface area contributed by atoms with Gasteiger partial charge in [0, 0.05) is 24.2 Å². The molecule has 0 saturated heterocycles. The highest BCUT2D eigenvalue weighted by atomic mass is 35.5. The van der Waals surface area contributed by atoms with Gasteiger partial charge in [-0.3, -0.25) is 0 Å². The number of aliphatic hydroxyl groups is 1. The van der Waals surface area contributed by atoms with Crippen LogP contribution in [-0.2, 0) is 4.74 Å². The SMILES string of the molecule is COC(CNC(=O)NCC(O)c1ccco1)c1ccccc1Cl. The Morgan fingerprint density at radius 3 is 2.65 bits per heavy atom. The zero-order chi connectivity index (χ0) is 16.7. The summed E-state index contributed by atoms with van der Waals surface area (Å²) in [6.45, 7) is 0.298. The van der Waals surface area contributed by atoms with Crippen LogP contribution in [0.3, 0.4) is 0 Å². The minimum Gasteiger partial charge on any atom is -0.467 e. The van der Waals surface area contributed by atoms with Crippen molar-refractivity contribution in [2.75, 3.05) is 20.2 Å². The number of furan rings is 1. The smallest absolute Gasteiger partial charge is 0.314 e. The summed E-state index contributed by atoms with van der Waals surface area (Å²) >= 11 is 6.12. The fraction of sp³-hybridized carbons (Fsp3) is 0.312. The molecule has 2 aromatic rings. The molecule has 0 spiro atoms. The summed E-state index contributed by atoms with van der Waals surface area (Å²) < 4.78 is 10.4. The maximum absolute atomic E-state index is 11.8. The summed E-state index contributed by atoms with van der Waals surface area (Å²) in [5.41, 5.74) is 0.799. The maximum Gasteiger partial charge on any atom is 0.314 e. The van der Waals surface area contributed by atoms with E-state index in [1.807, 2.05) is 18.2 Å². The molecule has 0 saturated carbocycles. The minimum absolute atomic E-state index is 0.0447. The van der Waals surface area contributed by atoms with E-state index in [2.05, 4.69) is 10.6 Å². The van der Waals surface area contributed by atoms with Crippen LogP contribution in [0.2, 0.25) is 5.02 Å². The second-order valence-electron chi connectivity index (χ2n) is 4.87. The van der Waals surface area contributed by atoms with E-state index in [4.69, 9.17) is 20.8 Å². The van der Waals surface area contributed by atoms with Gasteiger partial charge in [0.2, 0.25) is 0 Å². The van der Waals surface area contributed by atoms with E-state index in [1.165, 1.54) is 6.26 Å². The molecule has 2 amide bonds. The molecular formula is C16H19ClN2O4. The molecule has 6 nitrogen and oxygen atoms in total. The predicted molar refractivity (Wildman–Crippen MR) is 86.3 cm³/mol. The first-order valence-corrected chi connectivity index (χ1v) is 7.50. The number of hydrogen-bond donors (Lipinski definition) is 3. The van der Waals surface area contributed by atoms with Crippen LogP contribution < -0.4 is 10.6 Å². The Kier molecular flexibility index (Phi) is 6.46. The van der Waals surface area contributed by atoms with Crippen molar-refractivity contribution >= 4 is 17.6 Å². The lowest BCUT2D eigenvalue weighted by molar-refractivity contribution is 0.103. The lowest BCUT2D eigenvalue weighted by Gasteiger charge is -2.18. The third kappa shape index (κ3) is 4.99. The Morgan fingerprint density at radius 2 is 2.00 bits per heavy atom. The largest absolute Gasteiger partial charge is 0.467 e. The predicted octanol–water partition coefficient (Wildman–Crippen LogP) is 2.65. The van der Waals surface area contributed by atoms with Gasteiger partial charge in [0.05, 0.1) is 12.8 Å². The van der Waals surface area contributed by atoms with E-state index in [1.54, 1.807) is 25.3 Å². The normalized spacial score (nSPS) is 13.3. The fourth-order valence-electron chi connectivity index (χ4n) is 2.08. The molecule has 2 atom stereocenters. The molecule has 1 aromatic heterocycles. The molecule has 3 N–H and O–H groups in total. The Balaban J connectivity index is 1.80. The topological polar surface area (TPSA) is 83.7 Å². The van der Waals surface area contributed by atoms with Crippen LogP contribution in [0.4, 0.5) is 4.79 Å². The number of halogens is 1. The van der Waals surface area contributed by atoms with Crippen LogP contribution in [0, 0.1) is 0 Å². The molecule has 1 aromatic carbocycles. The summed E-state index contributed by atoms with van der Waals surface area (Å²) in [5, 5.41) is 15.6. The van der Waals surface area contributed by atoms with E-state index in [0.29, 0.717) is 10.8 Å². The van der Waals surface area contributed by atoms with Gasteiger partial charge >= 0.3 is 6.03 Å².